The molecule has 0 saturated carbocycles. The lowest BCUT2D eigenvalue weighted by Crippen LogP contribution is -2.47. The predicted molar refractivity (Wildman–Crippen MR) is 79.6 cm³/mol. The van der Waals surface area contributed by atoms with Crippen LogP contribution < -0.4 is 10.5 Å². The van der Waals surface area contributed by atoms with Gasteiger partial charge in [0.15, 0.2) is 0 Å². The maximum atomic E-state index is 6.06. The molecule has 3 heteroatoms. The van der Waals surface area contributed by atoms with E-state index < -0.39 is 0 Å². The maximum Gasteiger partial charge on any atom is 0.122 e. The lowest BCUT2D eigenvalue weighted by Gasteiger charge is -2.34. The van der Waals surface area contributed by atoms with Gasteiger partial charge in [-0.1, -0.05) is 19.1 Å². The van der Waals surface area contributed by atoms with E-state index in [1.807, 2.05) is 0 Å². The molecule has 0 bridgehead atoms. The van der Waals surface area contributed by atoms with Crippen LogP contribution in [0.25, 0.3) is 0 Å². The van der Waals surface area contributed by atoms with E-state index in [9.17, 15) is 0 Å². The van der Waals surface area contributed by atoms with Crippen molar-refractivity contribution in [1.82, 2.24) is 4.90 Å². The minimum Gasteiger partial charge on any atom is -0.492 e. The molecular formula is C16H26N2O. The lowest BCUT2D eigenvalue weighted by molar-refractivity contribution is 0.140. The van der Waals surface area contributed by atoms with Crippen molar-refractivity contribution in [2.24, 2.45) is 11.7 Å². The minimum atomic E-state index is 0.324. The second kappa shape index (κ2) is 6.40. The third kappa shape index (κ3) is 4.22. The Morgan fingerprint density at radius 1 is 1.32 bits per heavy atom. The van der Waals surface area contributed by atoms with Gasteiger partial charge in [-0.3, -0.25) is 4.90 Å². The van der Waals surface area contributed by atoms with Crippen LogP contribution in [0.15, 0.2) is 18.2 Å². The van der Waals surface area contributed by atoms with Gasteiger partial charge in [-0.2, -0.15) is 0 Å². The topological polar surface area (TPSA) is 38.5 Å². The first kappa shape index (κ1) is 14.4. The molecule has 3 nitrogen and oxygen atoms in total. The number of nitrogens with zero attached hydrogens (tertiary/aromatic N) is 1. The summed E-state index contributed by atoms with van der Waals surface area (Å²) in [5.41, 5.74) is 8.51. The van der Waals surface area contributed by atoms with Gasteiger partial charge in [0, 0.05) is 25.7 Å². The van der Waals surface area contributed by atoms with Crippen molar-refractivity contribution >= 4 is 0 Å². The number of hydrogen-bond acceptors (Lipinski definition) is 3. The van der Waals surface area contributed by atoms with Crippen LogP contribution in [-0.4, -0.2) is 37.2 Å². The van der Waals surface area contributed by atoms with Crippen molar-refractivity contribution in [3.05, 3.63) is 29.3 Å². The summed E-state index contributed by atoms with van der Waals surface area (Å²) in [7, 11) is 0. The van der Waals surface area contributed by atoms with Gasteiger partial charge < -0.3 is 10.5 Å². The van der Waals surface area contributed by atoms with Crippen molar-refractivity contribution in [3.63, 3.8) is 0 Å². The third-order valence-electron chi connectivity index (χ3n) is 3.78. The van der Waals surface area contributed by atoms with Gasteiger partial charge in [0.05, 0.1) is 0 Å². The molecule has 1 aliphatic rings. The van der Waals surface area contributed by atoms with Crippen LogP contribution in [0, 0.1) is 19.8 Å². The second-order valence-electron chi connectivity index (χ2n) is 5.98. The molecule has 2 N–H and O–H groups in total. The number of likely N-dealkylation sites (tertiary alicyclic amines) is 1. The number of rotatable bonds is 4. The van der Waals surface area contributed by atoms with E-state index in [-0.39, 0.29) is 0 Å². The molecular weight excluding hydrogens is 236 g/mol. The molecule has 106 valence electrons. The van der Waals surface area contributed by atoms with Crippen molar-refractivity contribution in [2.75, 3.05) is 26.2 Å². The molecule has 2 atom stereocenters. The van der Waals surface area contributed by atoms with Crippen LogP contribution in [-0.2, 0) is 0 Å². The Hall–Kier alpha value is -1.06. The fraction of sp³-hybridized carbons (Fsp3) is 0.625. The first-order valence-electron chi connectivity index (χ1n) is 7.22. The SMILES string of the molecule is Cc1ccc(C)c(OCCN2CC(C)CC(N)C2)c1. The lowest BCUT2D eigenvalue weighted by atomic mass is 9.97. The fourth-order valence-electron chi connectivity index (χ4n) is 2.84. The summed E-state index contributed by atoms with van der Waals surface area (Å²) in [5, 5.41) is 0. The summed E-state index contributed by atoms with van der Waals surface area (Å²) >= 11 is 0. The highest BCUT2D eigenvalue weighted by molar-refractivity contribution is 5.35. The summed E-state index contributed by atoms with van der Waals surface area (Å²) in [6.45, 7) is 10.3. The van der Waals surface area contributed by atoms with Gasteiger partial charge >= 0.3 is 0 Å². The van der Waals surface area contributed by atoms with Crippen LogP contribution in [0.5, 0.6) is 5.75 Å². The van der Waals surface area contributed by atoms with Crippen molar-refractivity contribution in [1.29, 1.82) is 0 Å². The molecule has 1 aromatic rings. The molecule has 0 amide bonds. The normalized spacial score (nSPS) is 24.4. The van der Waals surface area contributed by atoms with E-state index in [0.29, 0.717) is 12.0 Å². The summed E-state index contributed by atoms with van der Waals surface area (Å²) in [6.07, 6.45) is 1.15. The second-order valence-corrected chi connectivity index (χ2v) is 5.98. The van der Waals surface area contributed by atoms with Crippen LogP contribution in [0.1, 0.15) is 24.5 Å². The van der Waals surface area contributed by atoms with Crippen LogP contribution in [0.2, 0.25) is 0 Å². The summed E-state index contributed by atoms with van der Waals surface area (Å²) in [4.78, 5) is 2.42. The van der Waals surface area contributed by atoms with E-state index in [0.717, 1.165) is 38.4 Å². The average Bonchev–Trinajstić information content (AvgIpc) is 2.32. The van der Waals surface area contributed by atoms with Crippen molar-refractivity contribution in [3.8, 4) is 5.75 Å². The zero-order valence-electron chi connectivity index (χ0n) is 12.4. The smallest absolute Gasteiger partial charge is 0.122 e. The minimum absolute atomic E-state index is 0.324. The van der Waals surface area contributed by atoms with Gasteiger partial charge in [0.1, 0.15) is 12.4 Å². The fourth-order valence-corrected chi connectivity index (χ4v) is 2.84. The molecule has 0 aromatic heterocycles. The summed E-state index contributed by atoms with van der Waals surface area (Å²) < 4.78 is 5.91. The predicted octanol–water partition coefficient (Wildman–Crippen LogP) is 2.35. The quantitative estimate of drug-likeness (QED) is 0.905. The average molecular weight is 262 g/mol. The Balaban J connectivity index is 1.81. The molecule has 1 heterocycles. The Kier molecular flexibility index (Phi) is 4.83. The number of piperidine rings is 1. The van der Waals surface area contributed by atoms with Gasteiger partial charge in [0.2, 0.25) is 0 Å². The number of benzene rings is 1. The molecule has 1 saturated heterocycles. The Bertz CT molecular complexity index is 409. The number of aryl methyl sites for hydroxylation is 2. The Morgan fingerprint density at radius 3 is 2.84 bits per heavy atom. The van der Waals surface area contributed by atoms with E-state index in [2.05, 4.69) is 43.9 Å². The first-order chi connectivity index (χ1) is 9.04. The Labute approximate surface area is 116 Å². The van der Waals surface area contributed by atoms with Crippen LogP contribution >= 0.6 is 0 Å². The first-order valence-corrected chi connectivity index (χ1v) is 7.22. The molecule has 19 heavy (non-hydrogen) atoms. The third-order valence-corrected chi connectivity index (χ3v) is 3.78. The zero-order valence-corrected chi connectivity index (χ0v) is 12.4. The zero-order chi connectivity index (χ0) is 13.8. The largest absolute Gasteiger partial charge is 0.492 e. The molecule has 2 unspecified atom stereocenters. The number of ether oxygens (including phenoxy) is 1. The van der Waals surface area contributed by atoms with Crippen LogP contribution in [0.3, 0.4) is 0 Å². The van der Waals surface area contributed by atoms with Gasteiger partial charge in [-0.05, 0) is 43.4 Å². The molecule has 0 aliphatic carbocycles. The summed E-state index contributed by atoms with van der Waals surface area (Å²) in [5.74, 6) is 1.71. The van der Waals surface area contributed by atoms with Gasteiger partial charge in [-0.25, -0.2) is 0 Å². The Morgan fingerprint density at radius 2 is 2.11 bits per heavy atom. The maximum absolute atomic E-state index is 6.06. The van der Waals surface area contributed by atoms with Crippen molar-refractivity contribution < 1.29 is 4.74 Å². The van der Waals surface area contributed by atoms with Crippen molar-refractivity contribution in [2.45, 2.75) is 33.2 Å². The molecule has 1 aliphatic heterocycles. The molecule has 2 rings (SSSR count). The van der Waals surface area contributed by atoms with Gasteiger partial charge in [0.25, 0.3) is 0 Å². The monoisotopic (exact) mass is 262 g/mol. The molecule has 1 fully saturated rings. The number of hydrogen-bond donors (Lipinski definition) is 1. The molecule has 0 radical (unpaired) electrons. The van der Waals surface area contributed by atoms with E-state index >= 15 is 0 Å². The van der Waals surface area contributed by atoms with Crippen LogP contribution in [0.4, 0.5) is 0 Å². The van der Waals surface area contributed by atoms with E-state index in [4.69, 9.17) is 10.5 Å². The molecule has 1 aromatic carbocycles. The molecule has 0 spiro atoms. The highest BCUT2D eigenvalue weighted by Crippen LogP contribution is 2.19. The highest BCUT2D eigenvalue weighted by Gasteiger charge is 2.21. The summed E-state index contributed by atoms with van der Waals surface area (Å²) in [6, 6.07) is 6.67. The standard InChI is InChI=1S/C16H26N2O/c1-12-4-5-14(3)16(9-12)19-7-6-18-10-13(2)8-15(17)11-18/h4-5,9,13,15H,6-8,10-11,17H2,1-3H3. The van der Waals surface area contributed by atoms with Gasteiger partial charge in [-0.15, -0.1) is 0 Å². The van der Waals surface area contributed by atoms with E-state index in [1.54, 1.807) is 0 Å². The van der Waals surface area contributed by atoms with E-state index in [1.165, 1.54) is 11.1 Å². The highest BCUT2D eigenvalue weighted by atomic mass is 16.5. The number of nitrogens with two attached hydrogens (primary N) is 1.